The van der Waals surface area contributed by atoms with E-state index >= 15 is 0 Å². The molecule has 2 aromatic heterocycles. The van der Waals surface area contributed by atoms with Gasteiger partial charge < -0.3 is 10.6 Å². The van der Waals surface area contributed by atoms with Crippen molar-refractivity contribution in [3.8, 4) is 0 Å². The van der Waals surface area contributed by atoms with Crippen LogP contribution in [0.5, 0.6) is 0 Å². The Labute approximate surface area is 152 Å². The van der Waals surface area contributed by atoms with Crippen LogP contribution in [0.25, 0.3) is 10.9 Å². The quantitative estimate of drug-likeness (QED) is 0.539. The van der Waals surface area contributed by atoms with E-state index in [4.69, 9.17) is 0 Å². The summed E-state index contributed by atoms with van der Waals surface area (Å²) in [5.41, 5.74) is 4.05. The van der Waals surface area contributed by atoms with Crippen LogP contribution in [0.2, 0.25) is 0 Å². The van der Waals surface area contributed by atoms with Gasteiger partial charge in [-0.2, -0.15) is 0 Å². The molecule has 0 bridgehead atoms. The zero-order chi connectivity index (χ0) is 17.9. The summed E-state index contributed by atoms with van der Waals surface area (Å²) in [6.07, 6.45) is 1.79. The molecular weight excluding hydrogens is 322 g/mol. The monoisotopic (exact) mass is 341 g/mol. The van der Waals surface area contributed by atoms with Crippen molar-refractivity contribution in [1.82, 2.24) is 15.0 Å². The van der Waals surface area contributed by atoms with Crippen molar-refractivity contribution in [1.29, 1.82) is 0 Å². The SMILES string of the molecule is Cc1ccc(Nc2cc(Nc3cccc4cccnc34)nc(C)n2)cc1. The zero-order valence-electron chi connectivity index (χ0n) is 14.7. The number of benzene rings is 2. The molecule has 0 amide bonds. The summed E-state index contributed by atoms with van der Waals surface area (Å²) >= 11 is 0. The van der Waals surface area contributed by atoms with Gasteiger partial charge in [0.2, 0.25) is 0 Å². The topological polar surface area (TPSA) is 62.7 Å². The molecule has 128 valence electrons. The normalized spacial score (nSPS) is 10.7. The van der Waals surface area contributed by atoms with E-state index in [0.29, 0.717) is 5.82 Å². The lowest BCUT2D eigenvalue weighted by molar-refractivity contribution is 1.06. The van der Waals surface area contributed by atoms with E-state index in [1.165, 1.54) is 5.56 Å². The molecule has 0 saturated carbocycles. The first kappa shape index (κ1) is 16.0. The zero-order valence-corrected chi connectivity index (χ0v) is 14.7. The maximum Gasteiger partial charge on any atom is 0.136 e. The number of nitrogens with one attached hydrogen (secondary N) is 2. The fourth-order valence-corrected chi connectivity index (χ4v) is 2.82. The lowest BCUT2D eigenvalue weighted by atomic mass is 10.2. The number of rotatable bonds is 4. The standard InChI is InChI=1S/C21H19N5/c1-14-8-10-17(11-9-14)25-19-13-20(24-15(2)23-19)26-18-7-3-5-16-6-4-12-22-21(16)18/h3-13H,1-2H3,(H2,23,24,25,26). The lowest BCUT2D eigenvalue weighted by Gasteiger charge is -2.11. The van der Waals surface area contributed by atoms with Crippen molar-refractivity contribution < 1.29 is 0 Å². The number of aromatic nitrogens is 3. The highest BCUT2D eigenvalue weighted by molar-refractivity contribution is 5.91. The molecule has 4 rings (SSSR count). The predicted octanol–water partition coefficient (Wildman–Crippen LogP) is 5.13. The van der Waals surface area contributed by atoms with Crippen molar-refractivity contribution in [2.45, 2.75) is 13.8 Å². The highest BCUT2D eigenvalue weighted by Crippen LogP contribution is 2.25. The number of aryl methyl sites for hydroxylation is 2. The summed E-state index contributed by atoms with van der Waals surface area (Å²) in [4.78, 5) is 13.5. The number of anilines is 4. The van der Waals surface area contributed by atoms with Crippen molar-refractivity contribution in [2.75, 3.05) is 10.6 Å². The minimum atomic E-state index is 0.692. The molecule has 0 spiro atoms. The Kier molecular flexibility index (Phi) is 4.19. The first-order chi connectivity index (χ1) is 12.7. The first-order valence-electron chi connectivity index (χ1n) is 8.47. The molecule has 0 unspecified atom stereocenters. The fourth-order valence-electron chi connectivity index (χ4n) is 2.82. The van der Waals surface area contributed by atoms with Crippen LogP contribution in [0.15, 0.2) is 66.9 Å². The van der Waals surface area contributed by atoms with E-state index in [1.807, 2.05) is 55.5 Å². The van der Waals surface area contributed by atoms with E-state index < -0.39 is 0 Å². The average molecular weight is 341 g/mol. The van der Waals surface area contributed by atoms with Crippen LogP contribution in [0, 0.1) is 13.8 Å². The Morgan fingerprint density at radius 3 is 2.31 bits per heavy atom. The van der Waals surface area contributed by atoms with Gasteiger partial charge in [0.25, 0.3) is 0 Å². The number of fused-ring (bicyclic) bond motifs is 1. The molecular formula is C21H19N5. The summed E-state index contributed by atoms with van der Waals surface area (Å²) < 4.78 is 0. The average Bonchev–Trinajstić information content (AvgIpc) is 2.64. The largest absolute Gasteiger partial charge is 0.340 e. The number of nitrogens with zero attached hydrogens (tertiary/aromatic N) is 3. The van der Waals surface area contributed by atoms with Crippen LogP contribution < -0.4 is 10.6 Å². The van der Waals surface area contributed by atoms with Crippen LogP contribution in [-0.4, -0.2) is 15.0 Å². The Balaban J connectivity index is 1.64. The molecule has 0 atom stereocenters. The molecule has 0 aliphatic heterocycles. The van der Waals surface area contributed by atoms with E-state index in [9.17, 15) is 0 Å². The van der Waals surface area contributed by atoms with Gasteiger partial charge in [0.05, 0.1) is 11.2 Å². The van der Waals surface area contributed by atoms with Gasteiger partial charge in [-0.05, 0) is 38.1 Å². The second-order valence-electron chi connectivity index (χ2n) is 6.18. The maximum absolute atomic E-state index is 4.50. The Hall–Kier alpha value is -3.47. The molecule has 0 fully saturated rings. The molecule has 26 heavy (non-hydrogen) atoms. The van der Waals surface area contributed by atoms with Gasteiger partial charge in [-0.25, -0.2) is 9.97 Å². The number of hydrogen-bond acceptors (Lipinski definition) is 5. The van der Waals surface area contributed by atoms with Crippen molar-refractivity contribution in [3.05, 3.63) is 78.2 Å². The summed E-state index contributed by atoms with van der Waals surface area (Å²) in [6, 6.07) is 20.1. The van der Waals surface area contributed by atoms with Crippen molar-refractivity contribution in [2.24, 2.45) is 0 Å². The third kappa shape index (κ3) is 3.47. The molecule has 5 heteroatoms. The molecule has 0 radical (unpaired) electrons. The van der Waals surface area contributed by atoms with E-state index in [2.05, 4.69) is 44.6 Å². The second-order valence-corrected chi connectivity index (χ2v) is 6.18. The van der Waals surface area contributed by atoms with Gasteiger partial charge in [-0.15, -0.1) is 0 Å². The van der Waals surface area contributed by atoms with Crippen molar-refractivity contribution in [3.63, 3.8) is 0 Å². The van der Waals surface area contributed by atoms with E-state index in [0.717, 1.165) is 33.9 Å². The number of para-hydroxylation sites is 1. The number of pyridine rings is 1. The van der Waals surface area contributed by atoms with Gasteiger partial charge in [-0.1, -0.05) is 35.9 Å². The third-order valence-electron chi connectivity index (χ3n) is 4.06. The smallest absolute Gasteiger partial charge is 0.136 e. The van der Waals surface area contributed by atoms with Gasteiger partial charge in [0.1, 0.15) is 17.5 Å². The van der Waals surface area contributed by atoms with Gasteiger partial charge in [-0.3, -0.25) is 4.98 Å². The summed E-state index contributed by atoms with van der Waals surface area (Å²) in [7, 11) is 0. The van der Waals surface area contributed by atoms with Gasteiger partial charge >= 0.3 is 0 Å². The van der Waals surface area contributed by atoms with E-state index in [-0.39, 0.29) is 0 Å². The Morgan fingerprint density at radius 2 is 1.50 bits per heavy atom. The molecule has 0 aliphatic carbocycles. The van der Waals surface area contributed by atoms with Gasteiger partial charge in [0.15, 0.2) is 0 Å². The molecule has 2 aromatic carbocycles. The van der Waals surface area contributed by atoms with Crippen LogP contribution in [0.3, 0.4) is 0 Å². The Morgan fingerprint density at radius 1 is 0.769 bits per heavy atom. The van der Waals surface area contributed by atoms with Crippen LogP contribution >= 0.6 is 0 Å². The fraction of sp³-hybridized carbons (Fsp3) is 0.0952. The molecule has 0 saturated heterocycles. The molecule has 2 heterocycles. The van der Waals surface area contributed by atoms with Crippen LogP contribution in [0.1, 0.15) is 11.4 Å². The molecule has 0 aliphatic rings. The maximum atomic E-state index is 4.50. The summed E-state index contributed by atoms with van der Waals surface area (Å²) in [5, 5.41) is 7.78. The van der Waals surface area contributed by atoms with Crippen LogP contribution in [-0.2, 0) is 0 Å². The highest BCUT2D eigenvalue weighted by Gasteiger charge is 2.06. The molecule has 2 N–H and O–H groups in total. The minimum absolute atomic E-state index is 0.692. The highest BCUT2D eigenvalue weighted by atomic mass is 15.1. The van der Waals surface area contributed by atoms with Crippen molar-refractivity contribution >= 4 is 33.9 Å². The first-order valence-corrected chi connectivity index (χ1v) is 8.47. The minimum Gasteiger partial charge on any atom is -0.340 e. The summed E-state index contributed by atoms with van der Waals surface area (Å²) in [5.74, 6) is 2.17. The second kappa shape index (κ2) is 6.80. The Bertz CT molecular complexity index is 1050. The lowest BCUT2D eigenvalue weighted by Crippen LogP contribution is -2.02. The molecule has 4 aromatic rings. The van der Waals surface area contributed by atoms with Crippen LogP contribution in [0.4, 0.5) is 23.0 Å². The predicted molar refractivity (Wildman–Crippen MR) is 106 cm³/mol. The molecule has 5 nitrogen and oxygen atoms in total. The van der Waals surface area contributed by atoms with E-state index in [1.54, 1.807) is 6.20 Å². The number of hydrogen-bond donors (Lipinski definition) is 2. The third-order valence-corrected chi connectivity index (χ3v) is 4.06. The summed E-state index contributed by atoms with van der Waals surface area (Å²) in [6.45, 7) is 3.95. The van der Waals surface area contributed by atoms with Gasteiger partial charge in [0, 0.05) is 23.3 Å².